The molecule has 0 saturated carbocycles. The maximum absolute atomic E-state index is 14.3. The maximum atomic E-state index is 14.3. The minimum atomic E-state index is -0.576. The van der Waals surface area contributed by atoms with Crippen LogP contribution in [0, 0.1) is 12.7 Å². The fourth-order valence-electron chi connectivity index (χ4n) is 2.22. The van der Waals surface area contributed by atoms with Gasteiger partial charge in [-0.15, -0.1) is 0 Å². The van der Waals surface area contributed by atoms with Crippen LogP contribution in [0.25, 0.3) is 0 Å². The molecule has 0 aliphatic heterocycles. The maximum Gasteiger partial charge on any atom is 0.224 e. The summed E-state index contributed by atoms with van der Waals surface area (Å²) in [6.07, 6.45) is 0.862. The molecule has 1 unspecified atom stereocenters. The number of carbonyl (C=O) groups excluding carboxylic acids is 1. The molecule has 5 nitrogen and oxygen atoms in total. The zero-order valence-electron chi connectivity index (χ0n) is 14.6. The SMILES string of the molecule is COc1cc(C)ccc1Oc1ccc(NC(=O)CCC(C)N)cc1F. The van der Waals surface area contributed by atoms with Gasteiger partial charge in [0, 0.05) is 24.2 Å². The molecule has 2 aromatic carbocycles. The van der Waals surface area contributed by atoms with E-state index in [9.17, 15) is 9.18 Å². The zero-order chi connectivity index (χ0) is 18.4. The number of aryl methyl sites for hydroxylation is 1. The van der Waals surface area contributed by atoms with Gasteiger partial charge in [0.2, 0.25) is 5.91 Å². The summed E-state index contributed by atoms with van der Waals surface area (Å²) in [5.41, 5.74) is 7.00. The first kappa shape index (κ1) is 18.7. The predicted molar refractivity (Wildman–Crippen MR) is 95.7 cm³/mol. The van der Waals surface area contributed by atoms with Gasteiger partial charge in [-0.3, -0.25) is 4.79 Å². The molecule has 0 saturated heterocycles. The van der Waals surface area contributed by atoms with Crippen LogP contribution in [0.5, 0.6) is 17.2 Å². The molecule has 0 aliphatic carbocycles. The summed E-state index contributed by atoms with van der Waals surface area (Å²) in [6, 6.07) is 9.60. The molecule has 0 spiro atoms. The number of rotatable bonds is 7. The number of amides is 1. The molecule has 0 aromatic heterocycles. The van der Waals surface area contributed by atoms with E-state index in [0.29, 0.717) is 23.6 Å². The molecule has 0 aliphatic rings. The van der Waals surface area contributed by atoms with Crippen molar-refractivity contribution in [3.63, 3.8) is 0 Å². The van der Waals surface area contributed by atoms with Gasteiger partial charge in [0.25, 0.3) is 0 Å². The first-order chi connectivity index (χ1) is 11.9. The van der Waals surface area contributed by atoms with Crippen molar-refractivity contribution in [2.75, 3.05) is 12.4 Å². The Kier molecular flexibility index (Phi) is 6.36. The largest absolute Gasteiger partial charge is 0.493 e. The summed E-state index contributed by atoms with van der Waals surface area (Å²) < 4.78 is 25.1. The number of hydrogen-bond acceptors (Lipinski definition) is 4. The van der Waals surface area contributed by atoms with Gasteiger partial charge in [0.1, 0.15) is 0 Å². The van der Waals surface area contributed by atoms with Gasteiger partial charge < -0.3 is 20.5 Å². The molecule has 0 heterocycles. The van der Waals surface area contributed by atoms with Gasteiger partial charge in [-0.2, -0.15) is 0 Å². The second-order valence-electron chi connectivity index (χ2n) is 5.97. The summed E-state index contributed by atoms with van der Waals surface area (Å²) in [7, 11) is 1.53. The second kappa shape index (κ2) is 8.48. The number of halogens is 1. The highest BCUT2D eigenvalue weighted by Gasteiger charge is 2.11. The van der Waals surface area contributed by atoms with Gasteiger partial charge in [0.05, 0.1) is 7.11 Å². The average Bonchev–Trinajstić information content (AvgIpc) is 2.56. The molecule has 134 valence electrons. The smallest absolute Gasteiger partial charge is 0.224 e. The van der Waals surface area contributed by atoms with Crippen LogP contribution >= 0.6 is 0 Å². The van der Waals surface area contributed by atoms with Crippen LogP contribution in [0.2, 0.25) is 0 Å². The number of methoxy groups -OCH3 is 1. The van der Waals surface area contributed by atoms with Crippen LogP contribution in [0.4, 0.5) is 10.1 Å². The number of benzene rings is 2. The summed E-state index contributed by atoms with van der Waals surface area (Å²) in [6.45, 7) is 3.76. The standard InChI is InChI=1S/C19H23FN2O3/c1-12-4-7-17(18(10-12)24-3)25-16-8-6-14(11-15(16)20)22-19(23)9-5-13(2)21/h4,6-8,10-11,13H,5,9,21H2,1-3H3,(H,22,23). The quantitative estimate of drug-likeness (QED) is 0.795. The molecular weight excluding hydrogens is 323 g/mol. The molecule has 1 atom stereocenters. The average molecular weight is 346 g/mol. The highest BCUT2D eigenvalue weighted by atomic mass is 19.1. The van der Waals surface area contributed by atoms with E-state index in [0.717, 1.165) is 5.56 Å². The van der Waals surface area contributed by atoms with Crippen molar-refractivity contribution >= 4 is 11.6 Å². The van der Waals surface area contributed by atoms with Crippen molar-refractivity contribution in [1.29, 1.82) is 0 Å². The van der Waals surface area contributed by atoms with Gasteiger partial charge in [-0.25, -0.2) is 4.39 Å². The fraction of sp³-hybridized carbons (Fsp3) is 0.316. The van der Waals surface area contributed by atoms with E-state index >= 15 is 0 Å². The van der Waals surface area contributed by atoms with Gasteiger partial charge >= 0.3 is 0 Å². The summed E-state index contributed by atoms with van der Waals surface area (Å²) in [5, 5.41) is 2.64. The molecule has 3 N–H and O–H groups in total. The molecule has 25 heavy (non-hydrogen) atoms. The zero-order valence-corrected chi connectivity index (χ0v) is 14.6. The van der Waals surface area contributed by atoms with Crippen molar-refractivity contribution in [3.05, 3.63) is 47.8 Å². The van der Waals surface area contributed by atoms with E-state index < -0.39 is 5.82 Å². The van der Waals surface area contributed by atoms with Crippen LogP contribution in [0.3, 0.4) is 0 Å². The molecule has 0 bridgehead atoms. The molecule has 2 rings (SSSR count). The first-order valence-electron chi connectivity index (χ1n) is 8.06. The highest BCUT2D eigenvalue weighted by Crippen LogP contribution is 2.34. The van der Waals surface area contributed by atoms with E-state index in [1.807, 2.05) is 19.9 Å². The van der Waals surface area contributed by atoms with Crippen molar-refractivity contribution in [3.8, 4) is 17.2 Å². The number of nitrogens with two attached hydrogens (primary N) is 1. The Hall–Kier alpha value is -2.60. The highest BCUT2D eigenvalue weighted by molar-refractivity contribution is 5.90. The lowest BCUT2D eigenvalue weighted by molar-refractivity contribution is -0.116. The van der Waals surface area contributed by atoms with E-state index in [-0.39, 0.29) is 24.1 Å². The Labute approximate surface area is 146 Å². The normalized spacial score (nSPS) is 11.7. The number of anilines is 1. The number of ether oxygens (including phenoxy) is 2. The molecule has 0 radical (unpaired) electrons. The van der Waals surface area contributed by atoms with E-state index in [4.69, 9.17) is 15.2 Å². The molecule has 2 aromatic rings. The second-order valence-corrected chi connectivity index (χ2v) is 5.97. The summed E-state index contributed by atoms with van der Waals surface area (Å²) >= 11 is 0. The number of carbonyl (C=O) groups is 1. The number of nitrogens with one attached hydrogen (secondary N) is 1. The summed E-state index contributed by atoms with van der Waals surface area (Å²) in [5.74, 6) is 0.210. The van der Waals surface area contributed by atoms with E-state index in [2.05, 4.69) is 5.32 Å². The van der Waals surface area contributed by atoms with Crippen LogP contribution < -0.4 is 20.5 Å². The topological polar surface area (TPSA) is 73.6 Å². The molecular formula is C19H23FN2O3. The Morgan fingerprint density at radius 2 is 1.92 bits per heavy atom. The van der Waals surface area contributed by atoms with Crippen LogP contribution in [0.1, 0.15) is 25.3 Å². The lowest BCUT2D eigenvalue weighted by Gasteiger charge is -2.12. The summed E-state index contributed by atoms with van der Waals surface area (Å²) in [4.78, 5) is 11.8. The fourth-order valence-corrected chi connectivity index (χ4v) is 2.22. The van der Waals surface area contributed by atoms with E-state index in [1.54, 1.807) is 18.2 Å². The molecule has 0 fully saturated rings. The Bertz CT molecular complexity index is 747. The van der Waals surface area contributed by atoms with Crippen molar-refractivity contribution < 1.29 is 18.7 Å². The predicted octanol–water partition coefficient (Wildman–Crippen LogP) is 4.00. The minimum Gasteiger partial charge on any atom is -0.493 e. The van der Waals surface area contributed by atoms with Crippen molar-refractivity contribution in [1.82, 2.24) is 0 Å². The van der Waals surface area contributed by atoms with Gasteiger partial charge in [-0.05, 0) is 50.1 Å². The molecule has 1 amide bonds. The van der Waals surface area contributed by atoms with Crippen molar-refractivity contribution in [2.45, 2.75) is 32.7 Å². The Balaban J connectivity index is 2.08. The molecule has 6 heteroatoms. The van der Waals surface area contributed by atoms with Gasteiger partial charge in [-0.1, -0.05) is 6.07 Å². The third-order valence-electron chi connectivity index (χ3n) is 3.58. The van der Waals surface area contributed by atoms with Crippen LogP contribution in [-0.4, -0.2) is 19.1 Å². The minimum absolute atomic E-state index is 0.0516. The Morgan fingerprint density at radius 3 is 2.56 bits per heavy atom. The van der Waals surface area contributed by atoms with Crippen molar-refractivity contribution in [2.24, 2.45) is 5.73 Å². The monoisotopic (exact) mass is 346 g/mol. The third-order valence-corrected chi connectivity index (χ3v) is 3.58. The van der Waals surface area contributed by atoms with Crippen LogP contribution in [0.15, 0.2) is 36.4 Å². The lowest BCUT2D eigenvalue weighted by atomic mass is 10.2. The third kappa shape index (κ3) is 5.46. The lowest BCUT2D eigenvalue weighted by Crippen LogP contribution is -2.19. The first-order valence-corrected chi connectivity index (χ1v) is 8.06. The van der Waals surface area contributed by atoms with Gasteiger partial charge in [0.15, 0.2) is 23.1 Å². The number of hydrogen-bond donors (Lipinski definition) is 2. The Morgan fingerprint density at radius 1 is 1.20 bits per heavy atom. The van der Waals surface area contributed by atoms with E-state index in [1.165, 1.54) is 19.2 Å². The van der Waals surface area contributed by atoms with Crippen LogP contribution in [-0.2, 0) is 4.79 Å².